The predicted octanol–water partition coefficient (Wildman–Crippen LogP) is 2.59. The third-order valence-corrected chi connectivity index (χ3v) is 5.60. The van der Waals surface area contributed by atoms with E-state index >= 15 is 0 Å². The summed E-state index contributed by atoms with van der Waals surface area (Å²) in [5.41, 5.74) is -0.216. The molecule has 0 aromatic heterocycles. The highest BCUT2D eigenvalue weighted by molar-refractivity contribution is 6.00. The van der Waals surface area contributed by atoms with Gasteiger partial charge in [-0.25, -0.2) is 9.59 Å². The molecule has 0 bridgehead atoms. The number of carbonyl (C=O) groups excluding carboxylic acids is 5. The number of benzene rings is 1. The maximum Gasteiger partial charge on any atom is 0.407 e. The molecule has 248 valence electrons. The normalized spacial score (nSPS) is 11.4. The summed E-state index contributed by atoms with van der Waals surface area (Å²) in [4.78, 5) is 64.1. The lowest BCUT2D eigenvalue weighted by atomic mass is 10.0. The van der Waals surface area contributed by atoms with Gasteiger partial charge in [0.05, 0.1) is 6.42 Å². The summed E-state index contributed by atoms with van der Waals surface area (Å²) < 4.78 is 10.4. The highest BCUT2D eigenvalue weighted by Gasteiger charge is 2.18. The first-order chi connectivity index (χ1) is 20.4. The van der Waals surface area contributed by atoms with Crippen LogP contribution in [0.25, 0.3) is 0 Å². The lowest BCUT2D eigenvalue weighted by molar-refractivity contribution is -0.120. The Hall–Kier alpha value is -3.87. The standard InChI is InChI=1S/C31H52N6O7/c1-30(2,3)43-28(41)35-14-9-12-33-26(39)23-18-22(20-25(38)32-16-11-17-37(7)8)19-24(21-23)27(40)34-13-10-15-36-29(42)44-31(4,5)6/h18-19,21H,9-17,20H2,1-8H3,(H,32,38)(H,33,39)(H,34,40)(H,35,41)(H,36,42). The van der Waals surface area contributed by atoms with Gasteiger partial charge in [0, 0.05) is 43.9 Å². The van der Waals surface area contributed by atoms with E-state index < -0.39 is 35.2 Å². The Morgan fingerprint density at radius 3 is 1.43 bits per heavy atom. The molecule has 1 aromatic rings. The van der Waals surface area contributed by atoms with Crippen LogP contribution in [0.15, 0.2) is 18.2 Å². The molecule has 0 spiro atoms. The second kappa shape index (κ2) is 18.7. The van der Waals surface area contributed by atoms with Gasteiger partial charge in [0.15, 0.2) is 0 Å². The van der Waals surface area contributed by atoms with Crippen LogP contribution in [-0.4, -0.2) is 99.4 Å². The number of hydrogen-bond acceptors (Lipinski definition) is 8. The van der Waals surface area contributed by atoms with Gasteiger partial charge in [0.25, 0.3) is 11.8 Å². The van der Waals surface area contributed by atoms with Crippen molar-refractivity contribution in [2.75, 3.05) is 53.4 Å². The van der Waals surface area contributed by atoms with Crippen LogP contribution < -0.4 is 26.6 Å². The molecule has 0 aliphatic rings. The molecule has 13 heteroatoms. The number of carbonyl (C=O) groups is 5. The van der Waals surface area contributed by atoms with Crippen molar-refractivity contribution in [1.82, 2.24) is 31.5 Å². The molecule has 0 heterocycles. The Balaban J connectivity index is 2.79. The summed E-state index contributed by atoms with van der Waals surface area (Å²) >= 11 is 0. The average Bonchev–Trinajstić information content (AvgIpc) is 2.88. The lowest BCUT2D eigenvalue weighted by Crippen LogP contribution is -2.35. The molecule has 0 atom stereocenters. The zero-order valence-corrected chi connectivity index (χ0v) is 27.6. The molecule has 0 fully saturated rings. The average molecular weight is 621 g/mol. The van der Waals surface area contributed by atoms with Crippen molar-refractivity contribution in [2.24, 2.45) is 0 Å². The molecule has 0 unspecified atom stereocenters. The second-order valence-electron chi connectivity index (χ2n) is 12.7. The highest BCUT2D eigenvalue weighted by Crippen LogP contribution is 2.13. The van der Waals surface area contributed by atoms with Crippen LogP contribution in [0.3, 0.4) is 0 Å². The van der Waals surface area contributed by atoms with Crippen LogP contribution in [0.4, 0.5) is 9.59 Å². The first-order valence-electron chi connectivity index (χ1n) is 15.0. The summed E-state index contributed by atoms with van der Waals surface area (Å²) in [6, 6.07) is 4.66. The molecule has 1 rings (SSSR count). The summed E-state index contributed by atoms with van der Waals surface area (Å²) in [6.45, 7) is 13.1. The fourth-order valence-corrected chi connectivity index (χ4v) is 3.72. The van der Waals surface area contributed by atoms with E-state index in [0.29, 0.717) is 38.0 Å². The largest absolute Gasteiger partial charge is 0.444 e. The molecule has 0 aliphatic carbocycles. The minimum atomic E-state index is -0.604. The Bertz CT molecular complexity index is 1040. The van der Waals surface area contributed by atoms with Crippen molar-refractivity contribution in [2.45, 2.75) is 78.4 Å². The summed E-state index contributed by atoms with van der Waals surface area (Å²) in [7, 11) is 3.92. The van der Waals surface area contributed by atoms with E-state index in [1.165, 1.54) is 6.07 Å². The number of alkyl carbamates (subject to hydrolysis) is 2. The number of nitrogens with one attached hydrogen (secondary N) is 5. The lowest BCUT2D eigenvalue weighted by Gasteiger charge is -2.19. The Labute approximate surface area is 261 Å². The van der Waals surface area contributed by atoms with Gasteiger partial charge in [-0.1, -0.05) is 0 Å². The van der Waals surface area contributed by atoms with Gasteiger partial charge in [-0.3, -0.25) is 14.4 Å². The van der Waals surface area contributed by atoms with Crippen LogP contribution in [0.1, 0.15) is 87.1 Å². The molecule has 13 nitrogen and oxygen atoms in total. The Kier molecular flexibility index (Phi) is 16.2. The maximum atomic E-state index is 13.0. The fraction of sp³-hybridized carbons (Fsp3) is 0.645. The van der Waals surface area contributed by atoms with E-state index in [4.69, 9.17) is 9.47 Å². The smallest absolute Gasteiger partial charge is 0.407 e. The number of nitrogens with zero attached hydrogens (tertiary/aromatic N) is 1. The second-order valence-corrected chi connectivity index (χ2v) is 12.7. The number of rotatable bonds is 16. The fourth-order valence-electron chi connectivity index (χ4n) is 3.72. The third-order valence-electron chi connectivity index (χ3n) is 5.60. The molecule has 5 N–H and O–H groups in total. The van der Waals surface area contributed by atoms with Crippen LogP contribution in [0.2, 0.25) is 0 Å². The van der Waals surface area contributed by atoms with Crippen LogP contribution in [0.5, 0.6) is 0 Å². The predicted molar refractivity (Wildman–Crippen MR) is 169 cm³/mol. The van der Waals surface area contributed by atoms with Crippen molar-refractivity contribution in [1.29, 1.82) is 0 Å². The van der Waals surface area contributed by atoms with E-state index in [9.17, 15) is 24.0 Å². The van der Waals surface area contributed by atoms with Gasteiger partial charge in [-0.05, 0) is 105 Å². The van der Waals surface area contributed by atoms with Crippen molar-refractivity contribution >= 4 is 29.9 Å². The van der Waals surface area contributed by atoms with Crippen molar-refractivity contribution in [3.8, 4) is 0 Å². The van der Waals surface area contributed by atoms with E-state index in [1.807, 2.05) is 19.0 Å². The van der Waals surface area contributed by atoms with Gasteiger partial charge in [0.1, 0.15) is 11.2 Å². The van der Waals surface area contributed by atoms with E-state index in [-0.39, 0.29) is 36.5 Å². The summed E-state index contributed by atoms with van der Waals surface area (Å²) in [5, 5.41) is 13.7. The first kappa shape index (κ1) is 38.2. The number of amides is 5. The summed E-state index contributed by atoms with van der Waals surface area (Å²) in [5.74, 6) is -1.04. The van der Waals surface area contributed by atoms with Crippen LogP contribution >= 0.6 is 0 Å². The zero-order chi connectivity index (χ0) is 33.3. The number of hydrogen-bond donors (Lipinski definition) is 5. The quantitative estimate of drug-likeness (QED) is 0.176. The maximum absolute atomic E-state index is 13.0. The Morgan fingerprint density at radius 2 is 1.02 bits per heavy atom. The van der Waals surface area contributed by atoms with E-state index in [2.05, 4.69) is 26.6 Å². The molecule has 44 heavy (non-hydrogen) atoms. The Morgan fingerprint density at radius 1 is 0.614 bits per heavy atom. The van der Waals surface area contributed by atoms with Gasteiger partial charge < -0.3 is 41.0 Å². The van der Waals surface area contributed by atoms with Crippen molar-refractivity contribution in [3.05, 3.63) is 34.9 Å². The molecule has 5 amide bonds. The van der Waals surface area contributed by atoms with Gasteiger partial charge in [-0.15, -0.1) is 0 Å². The van der Waals surface area contributed by atoms with Crippen molar-refractivity contribution < 1.29 is 33.4 Å². The SMILES string of the molecule is CN(C)CCCNC(=O)Cc1cc(C(=O)NCCCNC(=O)OC(C)(C)C)cc(C(=O)NCCCNC(=O)OC(C)(C)C)c1. The van der Waals surface area contributed by atoms with E-state index in [0.717, 1.165) is 13.0 Å². The van der Waals surface area contributed by atoms with Crippen LogP contribution in [-0.2, 0) is 20.7 Å². The minimum absolute atomic E-state index is 0.00296. The molecule has 0 radical (unpaired) electrons. The van der Waals surface area contributed by atoms with Gasteiger partial charge >= 0.3 is 12.2 Å². The molecular weight excluding hydrogens is 568 g/mol. The third kappa shape index (κ3) is 18.6. The molecule has 0 aliphatic heterocycles. The van der Waals surface area contributed by atoms with Crippen molar-refractivity contribution in [3.63, 3.8) is 0 Å². The minimum Gasteiger partial charge on any atom is -0.444 e. The number of ether oxygens (including phenoxy) is 2. The molecule has 0 saturated heterocycles. The van der Waals surface area contributed by atoms with Gasteiger partial charge in [0.2, 0.25) is 5.91 Å². The molecule has 1 aromatic carbocycles. The topological polar surface area (TPSA) is 167 Å². The molecular formula is C31H52N6O7. The zero-order valence-electron chi connectivity index (χ0n) is 27.6. The van der Waals surface area contributed by atoms with Gasteiger partial charge in [-0.2, -0.15) is 0 Å². The van der Waals surface area contributed by atoms with Crippen LogP contribution in [0, 0.1) is 0 Å². The molecule has 0 saturated carbocycles. The highest BCUT2D eigenvalue weighted by atomic mass is 16.6. The monoisotopic (exact) mass is 620 g/mol. The summed E-state index contributed by atoms with van der Waals surface area (Å²) in [6.07, 6.45) is 0.652. The van der Waals surface area contributed by atoms with E-state index in [1.54, 1.807) is 53.7 Å². The first-order valence-corrected chi connectivity index (χ1v) is 15.0.